The van der Waals surface area contributed by atoms with Crippen LogP contribution in [0.5, 0.6) is 0 Å². The van der Waals surface area contributed by atoms with Crippen LogP contribution >= 0.6 is 0 Å². The third-order valence-electron chi connectivity index (χ3n) is 4.17. The van der Waals surface area contributed by atoms with Gasteiger partial charge in [0.25, 0.3) is 10.0 Å². The van der Waals surface area contributed by atoms with Crippen molar-refractivity contribution in [3.8, 4) is 0 Å². The van der Waals surface area contributed by atoms with Gasteiger partial charge in [0.05, 0.1) is 17.1 Å². The van der Waals surface area contributed by atoms with E-state index in [1.54, 1.807) is 12.1 Å². The molecule has 7 nitrogen and oxygen atoms in total. The number of carbonyl (C=O) groups excluding carboxylic acids is 2. The molecule has 0 aliphatic heterocycles. The van der Waals surface area contributed by atoms with Gasteiger partial charge in [-0.15, -0.1) is 0 Å². The summed E-state index contributed by atoms with van der Waals surface area (Å²) < 4.78 is 31.6. The van der Waals surface area contributed by atoms with Crippen molar-refractivity contribution in [2.75, 3.05) is 11.9 Å². The zero-order valence-corrected chi connectivity index (χ0v) is 17.4. The Hall–Kier alpha value is -2.87. The molecule has 2 aromatic carbocycles. The molecule has 0 aromatic heterocycles. The number of hydrogen-bond acceptors (Lipinski definition) is 5. The van der Waals surface area contributed by atoms with Crippen LogP contribution in [0.2, 0.25) is 0 Å². The molecule has 8 heteroatoms. The van der Waals surface area contributed by atoms with E-state index in [-0.39, 0.29) is 4.90 Å². The van der Waals surface area contributed by atoms with Gasteiger partial charge in [0, 0.05) is 5.69 Å². The van der Waals surface area contributed by atoms with Gasteiger partial charge in [0.15, 0.2) is 0 Å². The lowest BCUT2D eigenvalue weighted by Crippen LogP contribution is -2.34. The van der Waals surface area contributed by atoms with Crippen molar-refractivity contribution in [1.29, 1.82) is 0 Å². The molecule has 2 amide bonds. The van der Waals surface area contributed by atoms with E-state index in [1.807, 2.05) is 11.6 Å². The van der Waals surface area contributed by atoms with E-state index in [4.69, 9.17) is 4.74 Å². The van der Waals surface area contributed by atoms with Crippen molar-refractivity contribution in [2.24, 2.45) is 0 Å². The minimum atomic E-state index is -3.97. The first-order chi connectivity index (χ1) is 13.8. The van der Waals surface area contributed by atoms with E-state index >= 15 is 0 Å². The highest BCUT2D eigenvalue weighted by atomic mass is 32.2. The van der Waals surface area contributed by atoms with Gasteiger partial charge in [-0.2, -0.15) is 0 Å². The summed E-state index contributed by atoms with van der Waals surface area (Å²) in [7, 11) is -3.97. The number of amides is 2. The molecule has 0 saturated heterocycles. The maximum Gasteiger partial charge on any atom is 0.338 e. The zero-order valence-electron chi connectivity index (χ0n) is 16.6. The molecule has 0 spiro atoms. The summed E-state index contributed by atoms with van der Waals surface area (Å²) in [6.45, 7) is 4.32. The van der Waals surface area contributed by atoms with Gasteiger partial charge >= 0.3 is 12.0 Å². The Labute approximate surface area is 171 Å². The van der Waals surface area contributed by atoms with Crippen molar-refractivity contribution >= 4 is 27.7 Å². The number of esters is 1. The van der Waals surface area contributed by atoms with Gasteiger partial charge in [-0.05, 0) is 49.7 Å². The minimum absolute atomic E-state index is 0.00437. The normalized spacial score (nSPS) is 11.0. The highest BCUT2D eigenvalue weighted by Gasteiger charge is 2.17. The number of urea groups is 1. The van der Waals surface area contributed by atoms with E-state index in [9.17, 15) is 18.0 Å². The van der Waals surface area contributed by atoms with Crippen LogP contribution in [0.15, 0.2) is 53.4 Å². The summed E-state index contributed by atoms with van der Waals surface area (Å²) in [6, 6.07) is 11.3. The van der Waals surface area contributed by atoms with E-state index in [0.717, 1.165) is 31.2 Å². The Morgan fingerprint density at radius 1 is 0.931 bits per heavy atom. The van der Waals surface area contributed by atoms with Crippen molar-refractivity contribution in [3.63, 3.8) is 0 Å². The molecule has 2 rings (SSSR count). The van der Waals surface area contributed by atoms with Gasteiger partial charge < -0.3 is 10.1 Å². The number of nitrogens with one attached hydrogen (secondary N) is 2. The fraction of sp³-hybridized carbons (Fsp3) is 0.333. The number of anilines is 1. The van der Waals surface area contributed by atoms with E-state index in [2.05, 4.69) is 12.2 Å². The van der Waals surface area contributed by atoms with Gasteiger partial charge in [0.1, 0.15) is 0 Å². The summed E-state index contributed by atoms with van der Waals surface area (Å²) in [6.07, 6.45) is 4.07. The molecule has 2 N–H and O–H groups in total. The molecule has 0 radical (unpaired) electrons. The van der Waals surface area contributed by atoms with E-state index < -0.39 is 22.0 Å². The predicted molar refractivity (Wildman–Crippen MR) is 111 cm³/mol. The molecule has 0 heterocycles. The van der Waals surface area contributed by atoms with Crippen LogP contribution < -0.4 is 10.0 Å². The second-order valence-electron chi connectivity index (χ2n) is 6.65. The molecular weight excluding hydrogens is 392 g/mol. The molecule has 0 bridgehead atoms. The average molecular weight is 419 g/mol. The largest absolute Gasteiger partial charge is 0.462 e. The molecule has 0 atom stereocenters. The molecule has 0 aliphatic carbocycles. The van der Waals surface area contributed by atoms with Crippen LogP contribution in [0.3, 0.4) is 0 Å². The van der Waals surface area contributed by atoms with Crippen molar-refractivity contribution in [1.82, 2.24) is 4.72 Å². The fourth-order valence-corrected chi connectivity index (χ4v) is 3.43. The second kappa shape index (κ2) is 10.6. The van der Waals surface area contributed by atoms with Gasteiger partial charge in [-0.1, -0.05) is 43.9 Å². The number of rotatable bonds is 9. The highest BCUT2D eigenvalue weighted by molar-refractivity contribution is 7.90. The van der Waals surface area contributed by atoms with Crippen LogP contribution in [0, 0.1) is 6.92 Å². The van der Waals surface area contributed by atoms with Gasteiger partial charge in [-0.3, -0.25) is 0 Å². The number of benzene rings is 2. The maximum atomic E-state index is 12.2. The van der Waals surface area contributed by atoms with Crippen LogP contribution in [0.4, 0.5) is 10.5 Å². The lowest BCUT2D eigenvalue weighted by molar-refractivity contribution is 0.0498. The monoisotopic (exact) mass is 418 g/mol. The number of aryl methyl sites for hydroxylation is 1. The molecule has 0 saturated carbocycles. The van der Waals surface area contributed by atoms with Crippen molar-refractivity contribution < 1.29 is 22.7 Å². The van der Waals surface area contributed by atoms with Crippen LogP contribution in [0.25, 0.3) is 0 Å². The average Bonchev–Trinajstić information content (AvgIpc) is 2.68. The third-order valence-corrected chi connectivity index (χ3v) is 5.51. The molecular formula is C21H26N2O5S. The smallest absolute Gasteiger partial charge is 0.338 e. The number of hydrogen-bond donors (Lipinski definition) is 2. The topological polar surface area (TPSA) is 102 Å². The first kappa shape index (κ1) is 22.4. The van der Waals surface area contributed by atoms with E-state index in [0.29, 0.717) is 17.9 Å². The lowest BCUT2D eigenvalue weighted by atomic mass is 10.2. The molecule has 0 fully saturated rings. The number of carbonyl (C=O) groups is 2. The van der Waals surface area contributed by atoms with Crippen LogP contribution in [-0.4, -0.2) is 27.0 Å². The minimum Gasteiger partial charge on any atom is -0.462 e. The molecule has 0 unspecified atom stereocenters. The predicted octanol–water partition coefficient (Wildman–Crippen LogP) is 4.24. The summed E-state index contributed by atoms with van der Waals surface area (Å²) in [5.74, 6) is -0.431. The van der Waals surface area contributed by atoms with Crippen LogP contribution in [-0.2, 0) is 14.8 Å². The standard InChI is InChI=1S/C21H26N2O5S/c1-3-4-5-6-15-28-20(24)17-9-11-18(12-10-17)22-21(25)23-29(26,27)19-13-7-16(2)8-14-19/h7-14H,3-6,15H2,1-2H3,(H2,22,23,25). The van der Waals surface area contributed by atoms with Crippen LogP contribution in [0.1, 0.15) is 48.5 Å². The number of unbranched alkanes of at least 4 members (excludes halogenated alkanes) is 3. The Morgan fingerprint density at radius 3 is 2.21 bits per heavy atom. The quantitative estimate of drug-likeness (QED) is 0.468. The van der Waals surface area contributed by atoms with E-state index in [1.165, 1.54) is 36.4 Å². The SMILES string of the molecule is CCCCCCOC(=O)c1ccc(NC(=O)NS(=O)(=O)c2ccc(C)cc2)cc1. The molecule has 2 aromatic rings. The summed E-state index contributed by atoms with van der Waals surface area (Å²) >= 11 is 0. The Bertz CT molecular complexity index is 923. The van der Waals surface area contributed by atoms with Gasteiger partial charge in [0.2, 0.25) is 0 Å². The Balaban J connectivity index is 1.87. The molecule has 156 valence electrons. The first-order valence-electron chi connectivity index (χ1n) is 9.49. The van der Waals surface area contributed by atoms with Crippen molar-refractivity contribution in [2.45, 2.75) is 44.4 Å². The molecule has 29 heavy (non-hydrogen) atoms. The molecule has 0 aliphatic rings. The third kappa shape index (κ3) is 7.23. The highest BCUT2D eigenvalue weighted by Crippen LogP contribution is 2.13. The maximum absolute atomic E-state index is 12.2. The first-order valence-corrected chi connectivity index (χ1v) is 11.0. The Kier molecular flexibility index (Phi) is 8.21. The zero-order chi connectivity index (χ0) is 21.3. The number of ether oxygens (including phenoxy) is 1. The number of sulfonamides is 1. The summed E-state index contributed by atoms with van der Waals surface area (Å²) in [4.78, 5) is 24.0. The second-order valence-corrected chi connectivity index (χ2v) is 8.33. The summed E-state index contributed by atoms with van der Waals surface area (Å²) in [5.41, 5.74) is 1.62. The lowest BCUT2D eigenvalue weighted by Gasteiger charge is -2.09. The van der Waals surface area contributed by atoms with Crippen molar-refractivity contribution in [3.05, 3.63) is 59.7 Å². The Morgan fingerprint density at radius 2 is 1.59 bits per heavy atom. The summed E-state index contributed by atoms with van der Waals surface area (Å²) in [5, 5.41) is 2.43. The van der Waals surface area contributed by atoms with Gasteiger partial charge in [-0.25, -0.2) is 22.7 Å². The fourth-order valence-electron chi connectivity index (χ4n) is 2.52.